The van der Waals surface area contributed by atoms with E-state index in [9.17, 15) is 30.0 Å². The fourth-order valence-corrected chi connectivity index (χ4v) is 6.72. The third-order valence-corrected chi connectivity index (χ3v) is 8.68. The molecule has 0 radical (unpaired) electrons. The van der Waals surface area contributed by atoms with Gasteiger partial charge in [-0.3, -0.25) is 9.59 Å². The maximum absolute atomic E-state index is 11.7. The highest BCUT2D eigenvalue weighted by Gasteiger charge is 2.24. The van der Waals surface area contributed by atoms with Crippen molar-refractivity contribution in [2.75, 3.05) is 13.1 Å². The Morgan fingerprint density at radius 2 is 1.14 bits per heavy atom. The molecule has 1 aliphatic carbocycles. The van der Waals surface area contributed by atoms with Gasteiger partial charge in [0.05, 0.1) is 21.6 Å². The predicted molar refractivity (Wildman–Crippen MR) is 140 cm³/mol. The van der Waals surface area contributed by atoms with Gasteiger partial charge < -0.3 is 41.0 Å². The molecule has 1 fully saturated rings. The first-order valence-corrected chi connectivity index (χ1v) is 13.5. The van der Waals surface area contributed by atoms with Crippen molar-refractivity contribution in [3.8, 4) is 11.5 Å². The van der Waals surface area contributed by atoms with Crippen LogP contribution in [-0.2, 0) is 0 Å². The highest BCUT2D eigenvalue weighted by Crippen LogP contribution is 2.33. The molecule has 0 aliphatic heterocycles. The first-order chi connectivity index (χ1) is 17.3. The maximum atomic E-state index is 11.7. The number of aromatic amines is 2. The smallest absolute Gasteiger partial charge is 0.305 e. The van der Waals surface area contributed by atoms with Crippen LogP contribution >= 0.6 is 22.7 Å². The summed E-state index contributed by atoms with van der Waals surface area (Å²) in [5.41, 5.74) is 1.93. The number of aliphatic hydroxyl groups is 2. The number of phenolic OH excluding ortho intramolecular Hbond substituents is 2. The molecule has 2 unspecified atom stereocenters. The standard InChI is InChI=1S/C24H28N4O6S2/c29-15-7-5-13(21-19(15)27-23(33)35-21)17(31)9-25-11-1-2-12(4-3-11)26-10-18(32)14-6-8-16(30)20-22(14)36-24(34)28-20/h5-8,11-12,17-18,25-26,29-32H,1-4,9-10H2,(H,27,33)(H,28,34). The molecule has 1 saturated carbocycles. The second-order valence-electron chi connectivity index (χ2n) is 9.18. The first-order valence-electron chi connectivity index (χ1n) is 11.8. The third kappa shape index (κ3) is 5.05. The lowest BCUT2D eigenvalue weighted by Gasteiger charge is -2.31. The Kier molecular flexibility index (Phi) is 7.15. The van der Waals surface area contributed by atoms with E-state index >= 15 is 0 Å². The minimum Gasteiger partial charge on any atom is -0.506 e. The molecular weight excluding hydrogens is 504 g/mol. The summed E-state index contributed by atoms with van der Waals surface area (Å²) in [7, 11) is 0. The summed E-state index contributed by atoms with van der Waals surface area (Å²) in [5.74, 6) is -0.0242. The zero-order chi connectivity index (χ0) is 25.4. The molecule has 2 heterocycles. The Morgan fingerprint density at radius 1 is 0.750 bits per heavy atom. The number of phenols is 2. The summed E-state index contributed by atoms with van der Waals surface area (Å²) in [6.45, 7) is 0.674. The van der Waals surface area contributed by atoms with Gasteiger partial charge in [-0.1, -0.05) is 34.8 Å². The fourth-order valence-electron chi connectivity index (χ4n) is 4.88. The van der Waals surface area contributed by atoms with Crippen molar-refractivity contribution >= 4 is 43.1 Å². The van der Waals surface area contributed by atoms with Gasteiger partial charge in [0.15, 0.2) is 0 Å². The van der Waals surface area contributed by atoms with Gasteiger partial charge in [0.25, 0.3) is 0 Å². The van der Waals surface area contributed by atoms with Crippen LogP contribution in [0.2, 0.25) is 0 Å². The monoisotopic (exact) mass is 532 g/mol. The van der Waals surface area contributed by atoms with E-state index in [1.165, 1.54) is 12.1 Å². The largest absolute Gasteiger partial charge is 0.506 e. The molecule has 5 rings (SSSR count). The minimum atomic E-state index is -0.808. The topological polar surface area (TPSA) is 171 Å². The van der Waals surface area contributed by atoms with E-state index in [1.54, 1.807) is 12.1 Å². The number of benzene rings is 2. The summed E-state index contributed by atoms with van der Waals surface area (Å²) < 4.78 is 1.14. The van der Waals surface area contributed by atoms with E-state index in [1.807, 2.05) is 0 Å². The molecule has 12 heteroatoms. The number of thiazole rings is 2. The highest BCUT2D eigenvalue weighted by atomic mass is 32.1. The number of hydrogen-bond donors (Lipinski definition) is 8. The maximum Gasteiger partial charge on any atom is 0.305 e. The molecule has 8 N–H and O–H groups in total. The Morgan fingerprint density at radius 3 is 1.53 bits per heavy atom. The molecular formula is C24H28N4O6S2. The molecule has 0 saturated heterocycles. The lowest BCUT2D eigenvalue weighted by atomic mass is 9.90. The second kappa shape index (κ2) is 10.3. The van der Waals surface area contributed by atoms with Crippen LogP contribution in [0.25, 0.3) is 20.4 Å². The van der Waals surface area contributed by atoms with Crippen LogP contribution in [0.4, 0.5) is 0 Å². The average molecular weight is 533 g/mol. The van der Waals surface area contributed by atoms with Crippen LogP contribution in [0, 0.1) is 0 Å². The van der Waals surface area contributed by atoms with Crippen LogP contribution in [0.15, 0.2) is 33.9 Å². The summed E-state index contributed by atoms with van der Waals surface area (Å²) in [5, 5.41) is 48.2. The minimum absolute atomic E-state index is 0.0121. The number of hydrogen-bond acceptors (Lipinski definition) is 10. The SMILES string of the molecule is O=c1[nH]c2c(O)ccc(C(O)CNC3CCC(NCC(O)c4ccc(O)c5[nH]c(=O)sc45)CC3)c2s1. The van der Waals surface area contributed by atoms with Crippen LogP contribution < -0.4 is 20.4 Å². The number of H-pyrrole nitrogens is 2. The van der Waals surface area contributed by atoms with Crippen molar-refractivity contribution < 1.29 is 20.4 Å². The molecule has 0 amide bonds. The molecule has 0 spiro atoms. The number of rotatable bonds is 8. The lowest BCUT2D eigenvalue weighted by molar-refractivity contribution is 0.156. The van der Waals surface area contributed by atoms with Crippen LogP contribution in [0.3, 0.4) is 0 Å². The normalized spacial score (nSPS) is 20.2. The first kappa shape index (κ1) is 24.9. The van der Waals surface area contributed by atoms with Gasteiger partial charge in [-0.25, -0.2) is 0 Å². The zero-order valence-electron chi connectivity index (χ0n) is 19.3. The highest BCUT2D eigenvalue weighted by molar-refractivity contribution is 7.17. The van der Waals surface area contributed by atoms with Crippen molar-refractivity contribution in [3.63, 3.8) is 0 Å². The summed E-state index contributed by atoms with van der Waals surface area (Å²) in [6.07, 6.45) is 2.02. The van der Waals surface area contributed by atoms with E-state index in [2.05, 4.69) is 20.6 Å². The van der Waals surface area contributed by atoms with Crippen molar-refractivity contribution in [1.29, 1.82) is 0 Å². The number of fused-ring (bicyclic) bond motifs is 2. The van der Waals surface area contributed by atoms with Gasteiger partial charge in [0.1, 0.15) is 22.5 Å². The van der Waals surface area contributed by atoms with Gasteiger partial charge >= 0.3 is 9.75 Å². The Balaban J connectivity index is 1.11. The zero-order valence-corrected chi connectivity index (χ0v) is 20.9. The molecule has 192 valence electrons. The van der Waals surface area contributed by atoms with Crippen molar-refractivity contribution in [2.45, 2.75) is 50.0 Å². The van der Waals surface area contributed by atoms with Crippen molar-refractivity contribution in [3.05, 3.63) is 54.7 Å². The van der Waals surface area contributed by atoms with E-state index in [0.717, 1.165) is 48.4 Å². The number of aromatic nitrogens is 2. The lowest BCUT2D eigenvalue weighted by Crippen LogP contribution is -2.42. The molecule has 2 atom stereocenters. The number of nitrogens with one attached hydrogen (secondary N) is 4. The van der Waals surface area contributed by atoms with Crippen molar-refractivity contribution in [1.82, 2.24) is 20.6 Å². The summed E-state index contributed by atoms with van der Waals surface area (Å²) in [6, 6.07) is 6.74. The van der Waals surface area contributed by atoms with E-state index < -0.39 is 12.2 Å². The molecule has 0 bridgehead atoms. The quantitative estimate of drug-likeness (QED) is 0.171. The molecule has 10 nitrogen and oxygen atoms in total. The third-order valence-electron chi connectivity index (χ3n) is 6.82. The predicted octanol–water partition coefficient (Wildman–Crippen LogP) is 2.16. The van der Waals surface area contributed by atoms with E-state index in [4.69, 9.17) is 0 Å². The summed E-state index contributed by atoms with van der Waals surface area (Å²) >= 11 is 1.95. The second-order valence-corrected chi connectivity index (χ2v) is 11.1. The Hall–Kier alpha value is -2.74. The van der Waals surface area contributed by atoms with Crippen LogP contribution in [-0.4, -0.2) is 55.6 Å². The van der Waals surface area contributed by atoms with E-state index in [-0.39, 0.29) is 33.3 Å². The molecule has 2 aromatic heterocycles. The average Bonchev–Trinajstić information content (AvgIpc) is 3.45. The molecule has 1 aliphatic rings. The Labute approximate surface area is 213 Å². The summed E-state index contributed by atoms with van der Waals surface area (Å²) in [4.78, 5) is 28.1. The molecule has 36 heavy (non-hydrogen) atoms. The number of aliphatic hydroxyl groups excluding tert-OH is 2. The van der Waals surface area contributed by atoms with Crippen molar-refractivity contribution in [2.24, 2.45) is 0 Å². The van der Waals surface area contributed by atoms with E-state index in [0.29, 0.717) is 44.6 Å². The van der Waals surface area contributed by atoms with Gasteiger partial charge in [-0.05, 0) is 37.8 Å². The molecule has 4 aromatic rings. The Bertz CT molecular complexity index is 1370. The van der Waals surface area contributed by atoms with Crippen LogP contribution in [0.1, 0.15) is 49.0 Å². The fraction of sp³-hybridized carbons (Fsp3) is 0.417. The van der Waals surface area contributed by atoms with Crippen LogP contribution in [0.5, 0.6) is 11.5 Å². The van der Waals surface area contributed by atoms with Gasteiger partial charge in [-0.2, -0.15) is 0 Å². The van der Waals surface area contributed by atoms with Gasteiger partial charge in [-0.15, -0.1) is 0 Å². The molecule has 2 aromatic carbocycles. The van der Waals surface area contributed by atoms with Gasteiger partial charge in [0, 0.05) is 36.3 Å². The number of aromatic hydroxyl groups is 2. The van der Waals surface area contributed by atoms with Gasteiger partial charge in [0.2, 0.25) is 0 Å².